The normalized spacial score (nSPS) is 13.1. The fourth-order valence-electron chi connectivity index (χ4n) is 6.89. The van der Waals surface area contributed by atoms with E-state index in [9.17, 15) is 9.59 Å². The molecule has 0 aromatic carbocycles. The third-order valence-corrected chi connectivity index (χ3v) is 10.8. The van der Waals surface area contributed by atoms with Gasteiger partial charge < -0.3 is 14.2 Å². The molecule has 0 radical (unpaired) electrons. The maximum absolute atomic E-state index is 12.7. The molecule has 1 unspecified atom stereocenters. The van der Waals surface area contributed by atoms with Crippen molar-refractivity contribution in [3.8, 4) is 0 Å². The Morgan fingerprint density at radius 3 is 1.22 bits per heavy atom. The predicted molar refractivity (Wildman–Crippen MR) is 279 cm³/mol. The number of esters is 2. The molecule has 0 aliphatic rings. The van der Waals surface area contributed by atoms with Crippen molar-refractivity contribution >= 4 is 11.9 Å². The summed E-state index contributed by atoms with van der Waals surface area (Å²) < 4.78 is 17.3. The topological polar surface area (TPSA) is 61.8 Å². The first-order valence-electron chi connectivity index (χ1n) is 26.4. The third-order valence-electron chi connectivity index (χ3n) is 10.8. The minimum Gasteiger partial charge on any atom is -0.462 e. The number of allylic oxidation sites excluding steroid dienone is 18. The van der Waals surface area contributed by atoms with E-state index in [0.717, 1.165) is 83.5 Å². The Balaban J connectivity index is 4.32. The van der Waals surface area contributed by atoms with Crippen LogP contribution in [0.15, 0.2) is 109 Å². The van der Waals surface area contributed by atoms with Gasteiger partial charge in [0.05, 0.1) is 6.61 Å². The Labute approximate surface area is 395 Å². The number of hydrogen-bond acceptors (Lipinski definition) is 5. The standard InChI is InChI=1S/C59H98O5/c1-4-7-10-13-16-19-21-23-25-27-29-31-33-35-37-39-42-45-48-51-54-62-55-57(64-59(61)53-50-47-44-40-18-15-12-9-6-3)56-63-58(60)52-49-46-43-41-38-36-34-32-30-28-26-24-22-20-17-14-11-8-5-2/h8,11,16-17,19-20,23-26,29-32,36,38,43,46,57H,4-7,9-10,12-15,18,21-22,27-28,33-35,37,39-42,44-45,47-56H2,1-3H3/b11-8-,19-16-,20-17-,25-23-,26-24-,31-29-,32-30-,38-36-,46-43-. The first-order chi connectivity index (χ1) is 31.6. The van der Waals surface area contributed by atoms with E-state index >= 15 is 0 Å². The Hall–Kier alpha value is -3.44. The Bertz CT molecular complexity index is 1280. The van der Waals surface area contributed by atoms with Crippen LogP contribution in [0.25, 0.3) is 0 Å². The molecule has 0 fully saturated rings. The molecule has 0 aliphatic heterocycles. The summed E-state index contributed by atoms with van der Waals surface area (Å²) in [4.78, 5) is 25.3. The molecule has 5 heteroatoms. The van der Waals surface area contributed by atoms with Gasteiger partial charge in [0.25, 0.3) is 0 Å². The smallest absolute Gasteiger partial charge is 0.306 e. The summed E-state index contributed by atoms with van der Waals surface area (Å²) in [5.74, 6) is -0.506. The number of rotatable bonds is 47. The van der Waals surface area contributed by atoms with Crippen LogP contribution in [0.1, 0.15) is 226 Å². The van der Waals surface area contributed by atoms with E-state index < -0.39 is 6.10 Å². The number of ether oxygens (including phenoxy) is 3. The summed E-state index contributed by atoms with van der Waals surface area (Å²) >= 11 is 0. The van der Waals surface area contributed by atoms with Crippen molar-refractivity contribution in [2.24, 2.45) is 0 Å². The van der Waals surface area contributed by atoms with E-state index in [1.807, 2.05) is 6.08 Å². The SMILES string of the molecule is CC/C=C\C/C=C\C/C=C\C/C=C\C/C=C\C/C=C\CCC(=O)OCC(COCCCCCCCCC/C=C\C/C=C\C/C=C\CCCCC)OC(=O)CCCCCCCCCCC. The molecule has 0 N–H and O–H groups in total. The number of carbonyl (C=O) groups is 2. The average Bonchev–Trinajstić information content (AvgIpc) is 3.30. The molecule has 0 saturated heterocycles. The molecule has 0 spiro atoms. The van der Waals surface area contributed by atoms with Crippen molar-refractivity contribution in [2.75, 3.05) is 19.8 Å². The second-order valence-corrected chi connectivity index (χ2v) is 17.0. The summed E-state index contributed by atoms with van der Waals surface area (Å²) in [6, 6.07) is 0. The van der Waals surface area contributed by atoms with Crippen molar-refractivity contribution in [3.05, 3.63) is 109 Å². The highest BCUT2D eigenvalue weighted by molar-refractivity contribution is 5.70. The van der Waals surface area contributed by atoms with Gasteiger partial charge in [-0.25, -0.2) is 0 Å². The largest absolute Gasteiger partial charge is 0.462 e. The van der Waals surface area contributed by atoms with Crippen molar-refractivity contribution in [2.45, 2.75) is 232 Å². The number of unbranched alkanes of at least 4 members (excludes halogenated alkanes) is 18. The summed E-state index contributed by atoms with van der Waals surface area (Å²) in [6.45, 7) is 7.56. The zero-order chi connectivity index (χ0) is 46.3. The highest BCUT2D eigenvalue weighted by Crippen LogP contribution is 2.13. The molecule has 0 aromatic heterocycles. The zero-order valence-electron chi connectivity index (χ0n) is 41.8. The lowest BCUT2D eigenvalue weighted by Gasteiger charge is -2.18. The molecule has 64 heavy (non-hydrogen) atoms. The summed E-state index contributed by atoms with van der Waals surface area (Å²) in [6.07, 6.45) is 74.0. The van der Waals surface area contributed by atoms with Crippen LogP contribution in [0.3, 0.4) is 0 Å². The third kappa shape index (κ3) is 51.2. The molecule has 0 aliphatic carbocycles. The minimum atomic E-state index is -0.576. The summed E-state index contributed by atoms with van der Waals surface area (Å²) in [7, 11) is 0. The fraction of sp³-hybridized carbons (Fsp3) is 0.661. The van der Waals surface area contributed by atoms with Gasteiger partial charge in [-0.1, -0.05) is 226 Å². The van der Waals surface area contributed by atoms with Crippen molar-refractivity contribution in [1.29, 1.82) is 0 Å². The van der Waals surface area contributed by atoms with E-state index in [4.69, 9.17) is 14.2 Å². The van der Waals surface area contributed by atoms with Crippen LogP contribution in [0.2, 0.25) is 0 Å². The maximum atomic E-state index is 12.7. The van der Waals surface area contributed by atoms with E-state index in [-0.39, 0.29) is 25.2 Å². The molecule has 0 bridgehead atoms. The monoisotopic (exact) mass is 887 g/mol. The first kappa shape index (κ1) is 60.6. The van der Waals surface area contributed by atoms with Crippen molar-refractivity contribution < 1.29 is 23.8 Å². The van der Waals surface area contributed by atoms with E-state index in [2.05, 4.69) is 124 Å². The molecule has 0 saturated carbocycles. The molecular weight excluding hydrogens is 789 g/mol. The number of hydrogen-bond donors (Lipinski definition) is 0. The minimum absolute atomic E-state index is 0.0365. The van der Waals surface area contributed by atoms with E-state index in [1.54, 1.807) is 0 Å². The zero-order valence-corrected chi connectivity index (χ0v) is 41.8. The Morgan fingerprint density at radius 2 is 0.734 bits per heavy atom. The molecule has 5 nitrogen and oxygen atoms in total. The molecule has 1 atom stereocenters. The van der Waals surface area contributed by atoms with Gasteiger partial charge >= 0.3 is 11.9 Å². The molecular formula is C59H98O5. The van der Waals surface area contributed by atoms with Crippen molar-refractivity contribution in [1.82, 2.24) is 0 Å². The van der Waals surface area contributed by atoms with Crippen LogP contribution < -0.4 is 0 Å². The van der Waals surface area contributed by atoms with Gasteiger partial charge in [0.1, 0.15) is 6.61 Å². The number of carbonyl (C=O) groups excluding carboxylic acids is 2. The van der Waals surface area contributed by atoms with Crippen LogP contribution in [0.5, 0.6) is 0 Å². The molecule has 0 heterocycles. The molecule has 0 amide bonds. The summed E-state index contributed by atoms with van der Waals surface area (Å²) in [5, 5.41) is 0. The highest BCUT2D eigenvalue weighted by atomic mass is 16.6. The predicted octanol–water partition coefficient (Wildman–Crippen LogP) is 18.0. The fourth-order valence-corrected chi connectivity index (χ4v) is 6.89. The summed E-state index contributed by atoms with van der Waals surface area (Å²) in [5.41, 5.74) is 0. The lowest BCUT2D eigenvalue weighted by Crippen LogP contribution is -2.30. The van der Waals surface area contributed by atoms with Gasteiger partial charge in [-0.3, -0.25) is 9.59 Å². The highest BCUT2D eigenvalue weighted by Gasteiger charge is 2.17. The van der Waals surface area contributed by atoms with Crippen LogP contribution in [0, 0.1) is 0 Å². The van der Waals surface area contributed by atoms with Gasteiger partial charge in [-0.2, -0.15) is 0 Å². The van der Waals surface area contributed by atoms with E-state index in [1.165, 1.54) is 103 Å². The van der Waals surface area contributed by atoms with Gasteiger partial charge in [0, 0.05) is 19.4 Å². The lowest BCUT2D eigenvalue weighted by atomic mass is 10.1. The quantitative estimate of drug-likeness (QED) is 0.0346. The van der Waals surface area contributed by atoms with Gasteiger partial charge in [0.2, 0.25) is 0 Å². The lowest BCUT2D eigenvalue weighted by molar-refractivity contribution is -0.162. The van der Waals surface area contributed by atoms with Crippen molar-refractivity contribution in [3.63, 3.8) is 0 Å². The average molecular weight is 887 g/mol. The molecule has 364 valence electrons. The van der Waals surface area contributed by atoms with Crippen LogP contribution in [-0.2, 0) is 23.8 Å². The van der Waals surface area contributed by atoms with Gasteiger partial charge in [-0.05, 0) is 96.3 Å². The second kappa shape index (κ2) is 53.9. The molecule has 0 aromatic rings. The van der Waals surface area contributed by atoms with Gasteiger partial charge in [-0.15, -0.1) is 0 Å². The first-order valence-corrected chi connectivity index (χ1v) is 26.4. The van der Waals surface area contributed by atoms with Gasteiger partial charge in [0.15, 0.2) is 6.10 Å². The molecule has 0 rings (SSSR count). The second-order valence-electron chi connectivity index (χ2n) is 17.0. The van der Waals surface area contributed by atoms with Crippen LogP contribution in [0.4, 0.5) is 0 Å². The Morgan fingerprint density at radius 1 is 0.359 bits per heavy atom. The van der Waals surface area contributed by atoms with E-state index in [0.29, 0.717) is 25.9 Å². The Kier molecular flexibility index (Phi) is 51.0. The maximum Gasteiger partial charge on any atom is 0.306 e. The van der Waals surface area contributed by atoms with Crippen LogP contribution in [-0.4, -0.2) is 37.9 Å². The van der Waals surface area contributed by atoms with Crippen LogP contribution >= 0.6 is 0 Å².